The van der Waals surface area contributed by atoms with Gasteiger partial charge in [0.05, 0.1) is 0 Å². The van der Waals surface area contributed by atoms with Crippen molar-refractivity contribution in [1.82, 2.24) is 23.9 Å². The van der Waals surface area contributed by atoms with E-state index in [2.05, 4.69) is 15.3 Å². The third-order valence-corrected chi connectivity index (χ3v) is 12.9. The van der Waals surface area contributed by atoms with E-state index in [4.69, 9.17) is 11.6 Å². The fourth-order valence-corrected chi connectivity index (χ4v) is 10.3. The number of hydrogen-bond acceptors (Lipinski definition) is 10. The highest BCUT2D eigenvalue weighted by Gasteiger charge is 2.47. The molecule has 278 valence electrons. The van der Waals surface area contributed by atoms with E-state index in [1.807, 2.05) is 0 Å². The average molecular weight is 781 g/mol. The van der Waals surface area contributed by atoms with Gasteiger partial charge in [-0.25, -0.2) is 35.4 Å². The minimum atomic E-state index is -4.56. The number of nitrogens with zero attached hydrogens (tertiary/aromatic N) is 5. The van der Waals surface area contributed by atoms with Crippen molar-refractivity contribution in [1.29, 1.82) is 0 Å². The highest BCUT2D eigenvalue weighted by atomic mass is 35.5. The highest BCUT2D eigenvalue weighted by molar-refractivity contribution is 8.00. The van der Waals surface area contributed by atoms with Gasteiger partial charge in [-0.05, 0) is 57.7 Å². The molecule has 12 nitrogen and oxygen atoms in total. The summed E-state index contributed by atoms with van der Waals surface area (Å²) in [6.45, 7) is 7.23. The fraction of sp³-hybridized carbons (Fsp3) is 0.353. The summed E-state index contributed by atoms with van der Waals surface area (Å²) < 4.78 is 91.7. The van der Waals surface area contributed by atoms with E-state index in [0.29, 0.717) is 37.1 Å². The summed E-state index contributed by atoms with van der Waals surface area (Å²) in [7, 11) is -7.88. The van der Waals surface area contributed by atoms with Crippen LogP contribution in [-0.2, 0) is 35.8 Å². The molecule has 3 aliphatic rings. The molecular formula is C34H36ClF3N6O6S2. The topological polar surface area (TPSA) is 150 Å². The molecule has 3 aromatic rings. The van der Waals surface area contributed by atoms with E-state index in [1.54, 1.807) is 93.3 Å². The number of hydrogen-bond donors (Lipinski definition) is 1. The minimum absolute atomic E-state index is 0.0111. The molecule has 0 radical (unpaired) electrons. The number of nitrogens with one attached hydrogen (secondary N) is 1. The van der Waals surface area contributed by atoms with E-state index in [0.717, 1.165) is 20.9 Å². The Hall–Kier alpha value is -4.48. The van der Waals surface area contributed by atoms with E-state index >= 15 is 0 Å². The molecule has 1 saturated heterocycles. The summed E-state index contributed by atoms with van der Waals surface area (Å²) in [5.74, 6) is -1.29. The predicted octanol–water partition coefficient (Wildman–Crippen LogP) is 5.18. The summed E-state index contributed by atoms with van der Waals surface area (Å²) in [5, 5.41) is 2.89. The molecular weight excluding hydrogens is 745 g/mol. The van der Waals surface area contributed by atoms with Gasteiger partial charge in [-0.15, -0.1) is 0 Å². The summed E-state index contributed by atoms with van der Waals surface area (Å²) in [4.78, 5) is 34.1. The molecule has 0 aliphatic carbocycles. The summed E-state index contributed by atoms with van der Waals surface area (Å²) in [6, 6.07) is 16.4. The van der Waals surface area contributed by atoms with Crippen LogP contribution in [0.5, 0.6) is 0 Å². The van der Waals surface area contributed by atoms with Crippen molar-refractivity contribution >= 4 is 59.2 Å². The number of rotatable bonds is 7. The van der Waals surface area contributed by atoms with Crippen LogP contribution in [0.4, 0.5) is 19.1 Å². The summed E-state index contributed by atoms with van der Waals surface area (Å²) >= 11 is 5.90. The Morgan fingerprint density at radius 1 is 0.769 bits per heavy atom. The average Bonchev–Trinajstić information content (AvgIpc) is 3.40. The SMILES string of the molecule is CC(C)N1C(=O)C(Cl)=C(c2ccccc2)S1(=O)=O.CC(C)N1C(=O)C(NC2CCN(c3nccc(C(F)(F)F)n3)CC2)=C(c2ccccc2)S1(=O)=O. The molecule has 1 fully saturated rings. The molecule has 2 aromatic carbocycles. The summed E-state index contributed by atoms with van der Waals surface area (Å²) in [6.07, 6.45) is -2.57. The van der Waals surface area contributed by atoms with Gasteiger partial charge in [0.15, 0.2) is 0 Å². The lowest BCUT2D eigenvalue weighted by Gasteiger charge is -2.33. The molecule has 6 rings (SSSR count). The Bertz CT molecular complexity index is 2120. The maximum Gasteiger partial charge on any atom is 0.433 e. The zero-order valence-electron chi connectivity index (χ0n) is 28.5. The van der Waals surface area contributed by atoms with Gasteiger partial charge < -0.3 is 10.2 Å². The van der Waals surface area contributed by atoms with Crippen LogP contribution in [-0.4, -0.2) is 78.4 Å². The standard InChI is InChI=1S/C22H24F3N5O3S.C12H12ClNO3S/c1-14(2)30-20(31)18(19(34(30,32)33)15-6-4-3-5-7-15)27-16-9-12-29(13-10-16)21-26-11-8-17(28-21)22(23,24)25;1-8(2)14-12(15)10(13)11(18(14,16)17)9-6-4-3-5-7-9/h3-8,11,14,16,27H,9-10,12-13H2,1-2H3;3-8H,1-2H3. The van der Waals surface area contributed by atoms with Crippen molar-refractivity contribution < 1.29 is 39.6 Å². The molecule has 1 aromatic heterocycles. The van der Waals surface area contributed by atoms with Crippen molar-refractivity contribution in [2.75, 3.05) is 18.0 Å². The van der Waals surface area contributed by atoms with Crippen molar-refractivity contribution in [2.24, 2.45) is 0 Å². The van der Waals surface area contributed by atoms with Gasteiger partial charge in [0.2, 0.25) is 5.95 Å². The van der Waals surface area contributed by atoms with Crippen LogP contribution in [0.2, 0.25) is 0 Å². The fourth-order valence-electron chi connectivity index (χ4n) is 6.04. The Balaban J connectivity index is 0.000000244. The van der Waals surface area contributed by atoms with E-state index in [9.17, 15) is 39.6 Å². The number of sulfonamides is 2. The van der Waals surface area contributed by atoms with Gasteiger partial charge in [-0.2, -0.15) is 13.2 Å². The quantitative estimate of drug-likeness (QED) is 0.340. The van der Waals surface area contributed by atoms with Crippen molar-refractivity contribution in [2.45, 2.75) is 64.8 Å². The second-order valence-corrected chi connectivity index (χ2v) is 16.5. The largest absolute Gasteiger partial charge is 0.433 e. The van der Waals surface area contributed by atoms with Gasteiger partial charge in [-0.3, -0.25) is 9.59 Å². The van der Waals surface area contributed by atoms with Gasteiger partial charge in [0.25, 0.3) is 31.9 Å². The Labute approximate surface area is 305 Å². The molecule has 52 heavy (non-hydrogen) atoms. The second kappa shape index (κ2) is 14.9. The van der Waals surface area contributed by atoms with Crippen LogP contribution in [0.25, 0.3) is 9.81 Å². The van der Waals surface area contributed by atoms with E-state index in [-0.39, 0.29) is 32.5 Å². The Kier molecular flexibility index (Phi) is 11.1. The van der Waals surface area contributed by atoms with Crippen molar-refractivity contribution in [3.63, 3.8) is 0 Å². The van der Waals surface area contributed by atoms with Crippen molar-refractivity contribution in [3.8, 4) is 0 Å². The van der Waals surface area contributed by atoms with Crippen LogP contribution >= 0.6 is 11.6 Å². The molecule has 18 heteroatoms. The van der Waals surface area contributed by atoms with Gasteiger partial charge in [0.1, 0.15) is 26.2 Å². The van der Waals surface area contributed by atoms with Gasteiger partial charge >= 0.3 is 6.18 Å². The number of carbonyl (C=O) groups is 2. The summed E-state index contributed by atoms with van der Waals surface area (Å²) in [5.41, 5.74) is -0.144. The normalized spacial score (nSPS) is 19.2. The van der Waals surface area contributed by atoms with Crippen molar-refractivity contribution in [3.05, 3.63) is 100 Å². The molecule has 0 saturated carbocycles. The van der Waals surface area contributed by atoms with Crippen LogP contribution in [0.15, 0.2) is 83.7 Å². The Morgan fingerprint density at radius 2 is 1.25 bits per heavy atom. The minimum Gasteiger partial charge on any atom is -0.377 e. The first-order valence-corrected chi connectivity index (χ1v) is 19.5. The number of halogens is 4. The molecule has 2 amide bonds. The third kappa shape index (κ3) is 7.52. The van der Waals surface area contributed by atoms with E-state index in [1.165, 1.54) is 0 Å². The first-order chi connectivity index (χ1) is 24.4. The maximum atomic E-state index is 13.2. The predicted molar refractivity (Wildman–Crippen MR) is 190 cm³/mol. The maximum absolute atomic E-state index is 13.2. The molecule has 4 heterocycles. The van der Waals surface area contributed by atoms with E-state index < -0.39 is 55.8 Å². The number of alkyl halides is 3. The number of carbonyl (C=O) groups excluding carboxylic acids is 2. The number of anilines is 1. The van der Waals surface area contributed by atoms with Crippen LogP contribution in [0.3, 0.4) is 0 Å². The number of piperidine rings is 1. The third-order valence-electron chi connectivity index (χ3n) is 8.33. The number of benzene rings is 2. The molecule has 1 N–H and O–H groups in total. The molecule has 0 atom stereocenters. The van der Waals surface area contributed by atoms with Crippen LogP contribution < -0.4 is 10.2 Å². The zero-order valence-corrected chi connectivity index (χ0v) is 30.9. The number of aromatic nitrogens is 2. The van der Waals surface area contributed by atoms with Gasteiger partial charge in [0, 0.05) is 37.4 Å². The monoisotopic (exact) mass is 780 g/mol. The smallest absolute Gasteiger partial charge is 0.377 e. The number of amides is 2. The first-order valence-electron chi connectivity index (χ1n) is 16.2. The lowest BCUT2D eigenvalue weighted by Crippen LogP contribution is -2.45. The molecule has 0 unspecified atom stereocenters. The zero-order chi connectivity index (χ0) is 38.2. The highest BCUT2D eigenvalue weighted by Crippen LogP contribution is 2.39. The lowest BCUT2D eigenvalue weighted by molar-refractivity contribution is -0.141. The van der Waals surface area contributed by atoms with Crippen LogP contribution in [0.1, 0.15) is 57.4 Å². The molecule has 0 spiro atoms. The van der Waals surface area contributed by atoms with Gasteiger partial charge in [-0.1, -0.05) is 72.3 Å². The second-order valence-electron chi connectivity index (χ2n) is 12.6. The molecule has 0 bridgehead atoms. The molecule has 3 aliphatic heterocycles. The lowest BCUT2D eigenvalue weighted by atomic mass is 10.0. The Morgan fingerprint density at radius 3 is 1.73 bits per heavy atom. The first kappa shape index (κ1) is 38.7. The van der Waals surface area contributed by atoms with Crippen LogP contribution in [0, 0.1) is 0 Å².